The van der Waals surface area contributed by atoms with Crippen molar-refractivity contribution in [1.82, 2.24) is 4.90 Å². The van der Waals surface area contributed by atoms with Crippen LogP contribution in [0.25, 0.3) is 0 Å². The lowest BCUT2D eigenvalue weighted by Gasteiger charge is -2.39. The molecule has 4 heteroatoms. The van der Waals surface area contributed by atoms with E-state index in [9.17, 15) is 9.18 Å². The fourth-order valence-corrected chi connectivity index (χ4v) is 2.89. The van der Waals surface area contributed by atoms with Crippen molar-refractivity contribution in [3.8, 4) is 0 Å². The molecular formula is C16H23FN2O. The van der Waals surface area contributed by atoms with Gasteiger partial charge >= 0.3 is 0 Å². The third-order valence-corrected chi connectivity index (χ3v) is 4.35. The van der Waals surface area contributed by atoms with E-state index in [4.69, 9.17) is 5.73 Å². The molecule has 1 aliphatic rings. The summed E-state index contributed by atoms with van der Waals surface area (Å²) in [4.78, 5) is 14.3. The second kappa shape index (κ2) is 6.35. The SMILES string of the molecule is CCC1CCN(C(=O)c2ccc(C)c(F)c2)C(CN)C1. The zero-order valence-electron chi connectivity index (χ0n) is 12.2. The first-order chi connectivity index (χ1) is 9.56. The Hall–Kier alpha value is -1.42. The van der Waals surface area contributed by atoms with Gasteiger partial charge in [-0.1, -0.05) is 19.4 Å². The highest BCUT2D eigenvalue weighted by atomic mass is 19.1. The molecule has 3 nitrogen and oxygen atoms in total. The Kier molecular flexibility index (Phi) is 4.76. The van der Waals surface area contributed by atoms with Crippen molar-refractivity contribution >= 4 is 5.91 Å². The summed E-state index contributed by atoms with van der Waals surface area (Å²) in [5.74, 6) is 0.208. The highest BCUT2D eigenvalue weighted by Gasteiger charge is 2.30. The molecule has 1 aliphatic heterocycles. The molecule has 2 rings (SSSR count). The molecular weight excluding hydrogens is 255 g/mol. The molecule has 2 atom stereocenters. The van der Waals surface area contributed by atoms with Gasteiger partial charge in [0, 0.05) is 24.7 Å². The number of carbonyl (C=O) groups excluding carboxylic acids is 1. The standard InChI is InChI=1S/C16H23FN2O/c1-3-12-6-7-19(14(8-12)10-18)16(20)13-5-4-11(2)15(17)9-13/h4-5,9,12,14H,3,6-8,10,18H2,1-2H3. The summed E-state index contributed by atoms with van der Waals surface area (Å²) in [6.45, 7) is 5.05. The number of hydrogen-bond donors (Lipinski definition) is 1. The first-order valence-corrected chi connectivity index (χ1v) is 7.34. The fourth-order valence-electron chi connectivity index (χ4n) is 2.89. The Labute approximate surface area is 120 Å². The van der Waals surface area contributed by atoms with Crippen LogP contribution in [0.15, 0.2) is 18.2 Å². The molecule has 110 valence electrons. The van der Waals surface area contributed by atoms with Crippen molar-refractivity contribution in [3.05, 3.63) is 35.1 Å². The molecule has 0 aliphatic carbocycles. The minimum absolute atomic E-state index is 0.0746. The number of likely N-dealkylation sites (tertiary alicyclic amines) is 1. The maximum Gasteiger partial charge on any atom is 0.254 e. The minimum atomic E-state index is -0.330. The zero-order valence-corrected chi connectivity index (χ0v) is 12.2. The summed E-state index contributed by atoms with van der Waals surface area (Å²) in [7, 11) is 0. The van der Waals surface area contributed by atoms with Crippen LogP contribution in [-0.4, -0.2) is 29.9 Å². The number of rotatable bonds is 3. The molecule has 1 aromatic carbocycles. The second-order valence-electron chi connectivity index (χ2n) is 5.65. The fraction of sp³-hybridized carbons (Fsp3) is 0.562. The lowest BCUT2D eigenvalue weighted by Crippen LogP contribution is -2.49. The Morgan fingerprint density at radius 2 is 2.25 bits per heavy atom. The van der Waals surface area contributed by atoms with Crippen LogP contribution < -0.4 is 5.73 Å². The Morgan fingerprint density at radius 3 is 2.85 bits per heavy atom. The molecule has 0 radical (unpaired) electrons. The van der Waals surface area contributed by atoms with Gasteiger partial charge in [-0.2, -0.15) is 0 Å². The van der Waals surface area contributed by atoms with Gasteiger partial charge in [-0.3, -0.25) is 4.79 Å². The molecule has 20 heavy (non-hydrogen) atoms. The van der Waals surface area contributed by atoms with E-state index in [1.165, 1.54) is 6.07 Å². The normalized spacial score (nSPS) is 22.9. The largest absolute Gasteiger partial charge is 0.334 e. The molecule has 1 saturated heterocycles. The summed E-state index contributed by atoms with van der Waals surface area (Å²) >= 11 is 0. The molecule has 2 unspecified atom stereocenters. The van der Waals surface area contributed by atoms with Gasteiger partial charge in [0.25, 0.3) is 5.91 Å². The summed E-state index contributed by atoms with van der Waals surface area (Å²) < 4.78 is 13.6. The van der Waals surface area contributed by atoms with E-state index in [1.807, 2.05) is 4.90 Å². The molecule has 0 spiro atoms. The number of amides is 1. The summed E-state index contributed by atoms with van der Waals surface area (Å²) in [5.41, 5.74) is 6.79. The van der Waals surface area contributed by atoms with Crippen LogP contribution in [0.2, 0.25) is 0 Å². The van der Waals surface area contributed by atoms with Crippen LogP contribution in [0, 0.1) is 18.7 Å². The van der Waals surface area contributed by atoms with E-state index in [0.29, 0.717) is 30.1 Å². The average Bonchev–Trinajstić information content (AvgIpc) is 2.48. The topological polar surface area (TPSA) is 46.3 Å². The van der Waals surface area contributed by atoms with E-state index >= 15 is 0 Å². The monoisotopic (exact) mass is 278 g/mol. The summed E-state index contributed by atoms with van der Waals surface area (Å²) in [6, 6.07) is 4.75. The summed E-state index contributed by atoms with van der Waals surface area (Å²) in [6.07, 6.45) is 3.08. The molecule has 1 amide bonds. The highest BCUT2D eigenvalue weighted by Crippen LogP contribution is 2.26. The molecule has 1 aromatic rings. The molecule has 0 bridgehead atoms. The Bertz CT molecular complexity index is 489. The maximum atomic E-state index is 13.6. The van der Waals surface area contributed by atoms with Crippen molar-refractivity contribution < 1.29 is 9.18 Å². The third kappa shape index (κ3) is 3.01. The van der Waals surface area contributed by atoms with Crippen molar-refractivity contribution in [2.45, 2.75) is 39.2 Å². The van der Waals surface area contributed by atoms with Gasteiger partial charge in [0.15, 0.2) is 0 Å². The Balaban J connectivity index is 2.17. The van der Waals surface area contributed by atoms with Gasteiger partial charge in [0.05, 0.1) is 0 Å². The Morgan fingerprint density at radius 1 is 1.50 bits per heavy atom. The van der Waals surface area contributed by atoms with Crippen LogP contribution in [0.1, 0.15) is 42.1 Å². The summed E-state index contributed by atoms with van der Waals surface area (Å²) in [5, 5.41) is 0. The molecule has 2 N–H and O–H groups in total. The molecule has 1 fully saturated rings. The number of halogens is 1. The van der Waals surface area contributed by atoms with Crippen molar-refractivity contribution in [1.29, 1.82) is 0 Å². The van der Waals surface area contributed by atoms with E-state index in [2.05, 4.69) is 6.92 Å². The van der Waals surface area contributed by atoms with Crippen LogP contribution in [-0.2, 0) is 0 Å². The third-order valence-electron chi connectivity index (χ3n) is 4.35. The van der Waals surface area contributed by atoms with Crippen molar-refractivity contribution in [3.63, 3.8) is 0 Å². The van der Waals surface area contributed by atoms with Gasteiger partial charge in [-0.05, 0) is 43.4 Å². The highest BCUT2D eigenvalue weighted by molar-refractivity contribution is 5.94. The van der Waals surface area contributed by atoms with Gasteiger partial charge in [-0.15, -0.1) is 0 Å². The smallest absolute Gasteiger partial charge is 0.254 e. The first-order valence-electron chi connectivity index (χ1n) is 7.34. The van der Waals surface area contributed by atoms with Crippen LogP contribution >= 0.6 is 0 Å². The number of benzene rings is 1. The number of nitrogens with zero attached hydrogens (tertiary/aromatic N) is 1. The van der Waals surface area contributed by atoms with E-state index in [-0.39, 0.29) is 17.8 Å². The number of piperidine rings is 1. The van der Waals surface area contributed by atoms with Crippen LogP contribution in [0.5, 0.6) is 0 Å². The zero-order chi connectivity index (χ0) is 14.7. The number of hydrogen-bond acceptors (Lipinski definition) is 2. The van der Waals surface area contributed by atoms with E-state index in [0.717, 1.165) is 19.3 Å². The predicted molar refractivity (Wildman–Crippen MR) is 78.0 cm³/mol. The number of aryl methyl sites for hydroxylation is 1. The van der Waals surface area contributed by atoms with E-state index < -0.39 is 0 Å². The lowest BCUT2D eigenvalue weighted by atomic mass is 9.88. The molecule has 0 aromatic heterocycles. The predicted octanol–water partition coefficient (Wildman–Crippen LogP) is 2.72. The lowest BCUT2D eigenvalue weighted by molar-refractivity contribution is 0.0558. The molecule has 1 heterocycles. The van der Waals surface area contributed by atoms with Gasteiger partial charge in [0.1, 0.15) is 5.82 Å². The number of carbonyl (C=O) groups is 1. The second-order valence-corrected chi connectivity index (χ2v) is 5.65. The first kappa shape index (κ1) is 15.0. The van der Waals surface area contributed by atoms with Gasteiger partial charge in [0.2, 0.25) is 0 Å². The van der Waals surface area contributed by atoms with E-state index in [1.54, 1.807) is 19.1 Å². The minimum Gasteiger partial charge on any atom is -0.334 e. The number of nitrogens with two attached hydrogens (primary N) is 1. The average molecular weight is 278 g/mol. The quantitative estimate of drug-likeness (QED) is 0.924. The van der Waals surface area contributed by atoms with Gasteiger partial charge in [-0.25, -0.2) is 4.39 Å². The van der Waals surface area contributed by atoms with Crippen LogP contribution in [0.3, 0.4) is 0 Å². The maximum absolute atomic E-state index is 13.6. The van der Waals surface area contributed by atoms with Crippen molar-refractivity contribution in [2.75, 3.05) is 13.1 Å². The van der Waals surface area contributed by atoms with Crippen molar-refractivity contribution in [2.24, 2.45) is 11.7 Å². The molecule has 0 saturated carbocycles. The van der Waals surface area contributed by atoms with Crippen LogP contribution in [0.4, 0.5) is 4.39 Å². The van der Waals surface area contributed by atoms with Gasteiger partial charge < -0.3 is 10.6 Å².